The van der Waals surface area contributed by atoms with Gasteiger partial charge < -0.3 is 21.1 Å². The summed E-state index contributed by atoms with van der Waals surface area (Å²) in [6, 6.07) is 0. The largest absolute Gasteiger partial charge is 1.00 e. The van der Waals surface area contributed by atoms with Crippen molar-refractivity contribution < 1.29 is 80.2 Å². The van der Waals surface area contributed by atoms with Crippen molar-refractivity contribution in [2.75, 3.05) is 39.6 Å². The third kappa shape index (κ3) is 36.0. The van der Waals surface area contributed by atoms with Gasteiger partial charge in [-0.2, -0.15) is 0 Å². The fourth-order valence-electron chi connectivity index (χ4n) is 0.616. The van der Waals surface area contributed by atoms with E-state index in [4.69, 9.17) is 14.6 Å². The van der Waals surface area contributed by atoms with Crippen molar-refractivity contribution in [1.82, 2.24) is 0 Å². The summed E-state index contributed by atoms with van der Waals surface area (Å²) in [5.41, 5.74) is 0. The van der Waals surface area contributed by atoms with Crippen LogP contribution in [-0.2, 0) is 9.47 Å². The number of hydrogen-bond donors (Lipinski definition) is 1. The summed E-state index contributed by atoms with van der Waals surface area (Å²) >= 11 is 0. The predicted molar refractivity (Wildman–Crippen MR) is 55.3 cm³/mol. The van der Waals surface area contributed by atoms with Gasteiger partial charge in [0.2, 0.25) is 0 Å². The third-order valence-electron chi connectivity index (χ3n) is 1.16. The number of hydrogen-bond acceptors (Lipinski definition) is 4. The SMILES string of the molecule is CCCOCCO.CCCOCC[O-].[H-].[Na+].[Na+]. The van der Waals surface area contributed by atoms with Crippen LogP contribution in [0.4, 0.5) is 0 Å². The van der Waals surface area contributed by atoms with E-state index in [0.717, 1.165) is 26.1 Å². The van der Waals surface area contributed by atoms with E-state index in [1.54, 1.807) is 0 Å². The maximum absolute atomic E-state index is 9.68. The minimum Gasteiger partial charge on any atom is -1.00 e. The summed E-state index contributed by atoms with van der Waals surface area (Å²) in [5, 5.41) is 17.8. The monoisotopic (exact) mass is 254 g/mol. The van der Waals surface area contributed by atoms with Gasteiger partial charge in [0.15, 0.2) is 0 Å². The van der Waals surface area contributed by atoms with Gasteiger partial charge in [0, 0.05) is 19.8 Å². The van der Waals surface area contributed by atoms with Crippen molar-refractivity contribution in [3.63, 3.8) is 0 Å². The molecule has 6 heteroatoms. The minimum absolute atomic E-state index is 0. The van der Waals surface area contributed by atoms with Crippen molar-refractivity contribution in [3.8, 4) is 0 Å². The van der Waals surface area contributed by atoms with Crippen molar-refractivity contribution in [3.05, 3.63) is 0 Å². The Bertz CT molecular complexity index is 74.7. The second-order valence-electron chi connectivity index (χ2n) is 2.65. The van der Waals surface area contributed by atoms with Gasteiger partial charge in [-0.1, -0.05) is 13.8 Å². The van der Waals surface area contributed by atoms with E-state index in [2.05, 4.69) is 0 Å². The molecular formula is C10H24Na2O4. The molecule has 0 rings (SSSR count). The van der Waals surface area contributed by atoms with Crippen LogP contribution in [-0.4, -0.2) is 44.7 Å². The van der Waals surface area contributed by atoms with Crippen LogP contribution < -0.4 is 64.2 Å². The molecular weight excluding hydrogens is 230 g/mol. The molecule has 0 saturated heterocycles. The average molecular weight is 254 g/mol. The predicted octanol–water partition coefficient (Wildman–Crippen LogP) is -5.70. The van der Waals surface area contributed by atoms with Gasteiger partial charge in [0.1, 0.15) is 0 Å². The summed E-state index contributed by atoms with van der Waals surface area (Å²) < 4.78 is 9.70. The Labute approximate surface area is 145 Å². The zero-order valence-electron chi connectivity index (χ0n) is 12.3. The van der Waals surface area contributed by atoms with Crippen molar-refractivity contribution in [2.24, 2.45) is 0 Å². The Hall–Kier alpha value is 1.84. The molecule has 0 aromatic carbocycles. The fourth-order valence-corrected chi connectivity index (χ4v) is 0.616. The van der Waals surface area contributed by atoms with Gasteiger partial charge >= 0.3 is 59.1 Å². The first-order valence-corrected chi connectivity index (χ1v) is 5.17. The molecule has 0 amide bonds. The van der Waals surface area contributed by atoms with E-state index in [1.807, 2.05) is 13.8 Å². The molecule has 0 aromatic heterocycles. The summed E-state index contributed by atoms with van der Waals surface area (Å²) in [5.74, 6) is 0. The standard InChI is InChI=1S/C5H12O2.C5H11O2.2Na.H/c2*1-2-4-7-5-3-6;;;/h6H,2-5H2,1H3;2-5H2,1H3;;;/q;-1;2*+1;-1. The number of rotatable bonds is 8. The van der Waals surface area contributed by atoms with Crippen LogP contribution in [0, 0.1) is 0 Å². The van der Waals surface area contributed by atoms with E-state index in [9.17, 15) is 5.11 Å². The number of aliphatic hydroxyl groups is 1. The van der Waals surface area contributed by atoms with E-state index < -0.39 is 0 Å². The summed E-state index contributed by atoms with van der Waals surface area (Å²) in [4.78, 5) is 0. The van der Waals surface area contributed by atoms with E-state index in [-0.39, 0.29) is 73.8 Å². The van der Waals surface area contributed by atoms with Crippen LogP contribution in [0.3, 0.4) is 0 Å². The Kier molecular flexibility index (Phi) is 49.8. The molecule has 4 nitrogen and oxygen atoms in total. The average Bonchev–Trinajstić information content (AvgIpc) is 2.21. The molecule has 0 aliphatic carbocycles. The van der Waals surface area contributed by atoms with Gasteiger partial charge in [-0.05, 0) is 12.8 Å². The first-order chi connectivity index (χ1) is 6.83. The van der Waals surface area contributed by atoms with Crippen LogP contribution in [0.1, 0.15) is 28.1 Å². The first kappa shape index (κ1) is 26.4. The Morgan fingerprint density at radius 3 is 1.69 bits per heavy atom. The normalized spacial score (nSPS) is 8.25. The topological polar surface area (TPSA) is 61.8 Å². The molecule has 0 aromatic rings. The van der Waals surface area contributed by atoms with Crippen LogP contribution in [0.2, 0.25) is 0 Å². The minimum atomic E-state index is -0.111. The van der Waals surface area contributed by atoms with Gasteiger partial charge in [-0.25, -0.2) is 0 Å². The molecule has 0 atom stereocenters. The van der Waals surface area contributed by atoms with E-state index in [0.29, 0.717) is 13.2 Å². The van der Waals surface area contributed by atoms with Crippen molar-refractivity contribution in [2.45, 2.75) is 26.7 Å². The summed E-state index contributed by atoms with van der Waals surface area (Å²) in [7, 11) is 0. The molecule has 0 heterocycles. The molecule has 16 heavy (non-hydrogen) atoms. The Balaban J connectivity index is -0.0000000480. The molecule has 90 valence electrons. The van der Waals surface area contributed by atoms with Crippen LogP contribution in [0.15, 0.2) is 0 Å². The molecule has 0 aliphatic heterocycles. The second-order valence-corrected chi connectivity index (χ2v) is 2.65. The molecule has 0 unspecified atom stereocenters. The number of ether oxygens (including phenoxy) is 2. The second kappa shape index (κ2) is 30.1. The summed E-state index contributed by atoms with van der Waals surface area (Å²) in [6.45, 7) is 6.42. The molecule has 0 bridgehead atoms. The van der Waals surface area contributed by atoms with Gasteiger partial charge in [-0.3, -0.25) is 0 Å². The fraction of sp³-hybridized carbons (Fsp3) is 1.00. The first-order valence-electron chi connectivity index (χ1n) is 5.17. The van der Waals surface area contributed by atoms with Crippen LogP contribution >= 0.6 is 0 Å². The van der Waals surface area contributed by atoms with Crippen molar-refractivity contribution in [1.29, 1.82) is 0 Å². The zero-order chi connectivity index (χ0) is 11.1. The van der Waals surface area contributed by atoms with Gasteiger partial charge in [-0.15, -0.1) is 6.61 Å². The van der Waals surface area contributed by atoms with Crippen LogP contribution in [0.5, 0.6) is 0 Å². The molecule has 0 spiro atoms. The molecule has 0 aliphatic rings. The molecule has 0 fully saturated rings. The number of aliphatic hydroxyl groups excluding tert-OH is 1. The van der Waals surface area contributed by atoms with Gasteiger partial charge in [0.05, 0.1) is 13.2 Å². The Morgan fingerprint density at radius 1 is 0.938 bits per heavy atom. The summed E-state index contributed by atoms with van der Waals surface area (Å²) in [6.07, 6.45) is 2.03. The molecule has 0 radical (unpaired) electrons. The zero-order valence-corrected chi connectivity index (χ0v) is 15.3. The molecule has 0 saturated carbocycles. The third-order valence-corrected chi connectivity index (χ3v) is 1.16. The van der Waals surface area contributed by atoms with Gasteiger partial charge in [0.25, 0.3) is 0 Å². The van der Waals surface area contributed by atoms with Crippen molar-refractivity contribution >= 4 is 0 Å². The van der Waals surface area contributed by atoms with E-state index in [1.165, 1.54) is 0 Å². The maximum atomic E-state index is 9.68. The smallest absolute Gasteiger partial charge is 1.00 e. The van der Waals surface area contributed by atoms with E-state index >= 15 is 0 Å². The quantitative estimate of drug-likeness (QED) is 0.346. The molecule has 1 N–H and O–H groups in total. The maximum Gasteiger partial charge on any atom is 1.00 e. The Morgan fingerprint density at radius 2 is 1.38 bits per heavy atom. The van der Waals surface area contributed by atoms with Crippen LogP contribution in [0.25, 0.3) is 0 Å².